The van der Waals surface area contributed by atoms with Crippen LogP contribution in [0.2, 0.25) is 0 Å². The van der Waals surface area contributed by atoms with Crippen LogP contribution in [0.4, 0.5) is 4.39 Å². The Bertz CT molecular complexity index is 494. The lowest BCUT2D eigenvalue weighted by Gasteiger charge is -2.35. The van der Waals surface area contributed by atoms with Crippen molar-refractivity contribution in [2.45, 2.75) is 19.1 Å². The molecule has 20 heavy (non-hydrogen) atoms. The molecule has 2 unspecified atom stereocenters. The molecule has 0 saturated carbocycles. The van der Waals surface area contributed by atoms with Crippen LogP contribution in [-0.2, 0) is 4.74 Å². The number of carbonyl (C=O) groups is 1. The van der Waals surface area contributed by atoms with Gasteiger partial charge in [0.1, 0.15) is 11.6 Å². The van der Waals surface area contributed by atoms with E-state index in [1.807, 2.05) is 11.8 Å². The Kier molecular flexibility index (Phi) is 4.69. The summed E-state index contributed by atoms with van der Waals surface area (Å²) in [5.41, 5.74) is -0.0234. The predicted molar refractivity (Wildman–Crippen MR) is 70.3 cm³/mol. The highest BCUT2D eigenvalue weighted by atomic mass is 19.1. The zero-order chi connectivity index (χ0) is 14.7. The molecule has 5 nitrogen and oxygen atoms in total. The molecule has 2 N–H and O–H groups in total. The molecule has 2 rings (SSSR count). The Morgan fingerprint density at radius 2 is 2.25 bits per heavy atom. The molecule has 0 bridgehead atoms. The van der Waals surface area contributed by atoms with Gasteiger partial charge in [0.15, 0.2) is 5.78 Å². The first-order valence-corrected chi connectivity index (χ1v) is 6.50. The van der Waals surface area contributed by atoms with Crippen LogP contribution in [0.1, 0.15) is 17.3 Å². The second-order valence-electron chi connectivity index (χ2n) is 5.03. The number of aliphatic hydroxyl groups excluding tert-OH is 1. The van der Waals surface area contributed by atoms with Crippen LogP contribution in [0.5, 0.6) is 5.75 Å². The van der Waals surface area contributed by atoms with E-state index in [2.05, 4.69) is 0 Å². The number of rotatable bonds is 4. The monoisotopic (exact) mass is 283 g/mol. The number of hydrogen-bond donors (Lipinski definition) is 2. The van der Waals surface area contributed by atoms with Crippen molar-refractivity contribution >= 4 is 5.78 Å². The standard InChI is InChI=1S/C14H18FNO4/c1-9-5-16(6-11(8-17)20-9)7-14(19)12-4-10(15)2-3-13(12)18/h2-4,9,11,17-18H,5-8H2,1H3. The SMILES string of the molecule is CC1CN(CC(=O)c2cc(F)ccc2O)CC(CO)O1. The maximum Gasteiger partial charge on any atom is 0.180 e. The molecule has 0 amide bonds. The van der Waals surface area contributed by atoms with Crippen molar-refractivity contribution in [3.05, 3.63) is 29.6 Å². The maximum atomic E-state index is 13.1. The number of Topliss-reactive ketones (excluding diaryl/α,β-unsaturated/α-hetero) is 1. The molecule has 2 atom stereocenters. The van der Waals surface area contributed by atoms with Gasteiger partial charge in [-0.15, -0.1) is 0 Å². The summed E-state index contributed by atoms with van der Waals surface area (Å²) in [5, 5.41) is 18.7. The van der Waals surface area contributed by atoms with Crippen molar-refractivity contribution in [1.82, 2.24) is 4.90 Å². The van der Waals surface area contributed by atoms with Crippen LogP contribution in [0.25, 0.3) is 0 Å². The molecule has 6 heteroatoms. The molecule has 0 radical (unpaired) electrons. The van der Waals surface area contributed by atoms with Gasteiger partial charge in [-0.05, 0) is 25.1 Å². The minimum absolute atomic E-state index is 0.0234. The largest absolute Gasteiger partial charge is 0.507 e. The van der Waals surface area contributed by atoms with Gasteiger partial charge in [-0.1, -0.05) is 0 Å². The topological polar surface area (TPSA) is 70.0 Å². The van der Waals surface area contributed by atoms with Crippen LogP contribution in [0, 0.1) is 5.82 Å². The first-order chi connectivity index (χ1) is 9.49. The van der Waals surface area contributed by atoms with E-state index in [0.717, 1.165) is 12.1 Å². The van der Waals surface area contributed by atoms with E-state index in [9.17, 15) is 14.3 Å². The van der Waals surface area contributed by atoms with Crippen molar-refractivity contribution in [3.8, 4) is 5.75 Å². The lowest BCUT2D eigenvalue weighted by molar-refractivity contribution is -0.0926. The summed E-state index contributed by atoms with van der Waals surface area (Å²) < 4.78 is 18.6. The van der Waals surface area contributed by atoms with E-state index in [0.29, 0.717) is 13.1 Å². The molecule has 1 aliphatic heterocycles. The average Bonchev–Trinajstić information content (AvgIpc) is 2.40. The number of carbonyl (C=O) groups excluding carboxylic acids is 1. The van der Waals surface area contributed by atoms with E-state index >= 15 is 0 Å². The van der Waals surface area contributed by atoms with Gasteiger partial charge in [-0.25, -0.2) is 4.39 Å². The van der Waals surface area contributed by atoms with Crippen molar-refractivity contribution in [3.63, 3.8) is 0 Å². The number of aromatic hydroxyl groups is 1. The molecule has 1 fully saturated rings. The van der Waals surface area contributed by atoms with E-state index in [4.69, 9.17) is 9.84 Å². The van der Waals surface area contributed by atoms with E-state index in [1.54, 1.807) is 0 Å². The molecule has 1 aromatic rings. The maximum absolute atomic E-state index is 13.1. The smallest absolute Gasteiger partial charge is 0.180 e. The van der Waals surface area contributed by atoms with Gasteiger partial charge in [0.25, 0.3) is 0 Å². The Hall–Kier alpha value is -1.50. The molecule has 1 heterocycles. The first kappa shape index (κ1) is 14.9. The van der Waals surface area contributed by atoms with Crippen molar-refractivity contribution in [2.24, 2.45) is 0 Å². The number of morpholine rings is 1. The van der Waals surface area contributed by atoms with Crippen LogP contribution in [0.15, 0.2) is 18.2 Å². The zero-order valence-corrected chi connectivity index (χ0v) is 11.3. The number of benzene rings is 1. The Morgan fingerprint density at radius 1 is 1.50 bits per heavy atom. The molecular weight excluding hydrogens is 265 g/mol. The summed E-state index contributed by atoms with van der Waals surface area (Å²) >= 11 is 0. The summed E-state index contributed by atoms with van der Waals surface area (Å²) in [6.45, 7) is 2.79. The summed E-state index contributed by atoms with van der Waals surface area (Å²) in [4.78, 5) is 14.0. The third-order valence-corrected chi connectivity index (χ3v) is 3.23. The third kappa shape index (κ3) is 3.53. The molecule has 1 aromatic carbocycles. The fourth-order valence-corrected chi connectivity index (χ4v) is 2.39. The fourth-order valence-electron chi connectivity index (χ4n) is 2.39. The fraction of sp³-hybridized carbons (Fsp3) is 0.500. The van der Waals surface area contributed by atoms with E-state index in [-0.39, 0.29) is 42.5 Å². The number of phenols is 1. The third-order valence-electron chi connectivity index (χ3n) is 3.23. The van der Waals surface area contributed by atoms with Crippen LogP contribution in [-0.4, -0.2) is 59.3 Å². The van der Waals surface area contributed by atoms with Gasteiger partial charge >= 0.3 is 0 Å². The van der Waals surface area contributed by atoms with Crippen LogP contribution >= 0.6 is 0 Å². The van der Waals surface area contributed by atoms with Crippen LogP contribution < -0.4 is 0 Å². The zero-order valence-electron chi connectivity index (χ0n) is 11.3. The van der Waals surface area contributed by atoms with Crippen molar-refractivity contribution in [2.75, 3.05) is 26.2 Å². The lowest BCUT2D eigenvalue weighted by Crippen LogP contribution is -2.49. The number of aliphatic hydroxyl groups is 1. The second kappa shape index (κ2) is 6.30. The molecule has 110 valence electrons. The Morgan fingerprint density at radius 3 is 2.95 bits per heavy atom. The Labute approximate surface area is 116 Å². The van der Waals surface area contributed by atoms with Gasteiger partial charge < -0.3 is 14.9 Å². The number of ether oxygens (including phenoxy) is 1. The summed E-state index contributed by atoms with van der Waals surface area (Å²) in [6.07, 6.45) is -0.414. The highest BCUT2D eigenvalue weighted by molar-refractivity contribution is 6.00. The van der Waals surface area contributed by atoms with Gasteiger partial charge in [0.2, 0.25) is 0 Å². The number of hydrogen-bond acceptors (Lipinski definition) is 5. The van der Waals surface area contributed by atoms with Gasteiger partial charge in [0, 0.05) is 13.1 Å². The highest BCUT2D eigenvalue weighted by Crippen LogP contribution is 2.19. The quantitative estimate of drug-likeness (QED) is 0.800. The Balaban J connectivity index is 2.05. The number of nitrogens with zero attached hydrogens (tertiary/aromatic N) is 1. The molecule has 0 aromatic heterocycles. The molecular formula is C14H18FNO4. The lowest BCUT2D eigenvalue weighted by atomic mass is 10.1. The molecule has 1 aliphatic rings. The van der Waals surface area contributed by atoms with Gasteiger partial charge in [-0.3, -0.25) is 9.69 Å². The molecule has 1 saturated heterocycles. The number of halogens is 1. The first-order valence-electron chi connectivity index (χ1n) is 6.50. The number of ketones is 1. The van der Waals surface area contributed by atoms with E-state index in [1.165, 1.54) is 6.07 Å². The summed E-state index contributed by atoms with van der Waals surface area (Å²) in [7, 11) is 0. The predicted octanol–water partition coefficient (Wildman–Crippen LogP) is 0.796. The normalized spacial score (nSPS) is 23.8. The molecule has 0 spiro atoms. The number of phenolic OH excluding ortho intramolecular Hbond substituents is 1. The van der Waals surface area contributed by atoms with E-state index < -0.39 is 5.82 Å². The van der Waals surface area contributed by atoms with Gasteiger partial charge in [0.05, 0.1) is 30.9 Å². The second-order valence-corrected chi connectivity index (χ2v) is 5.03. The summed E-state index contributed by atoms with van der Waals surface area (Å²) in [5.74, 6) is -1.14. The van der Waals surface area contributed by atoms with Crippen molar-refractivity contribution < 1.29 is 24.1 Å². The highest BCUT2D eigenvalue weighted by Gasteiger charge is 2.26. The molecule has 0 aliphatic carbocycles. The van der Waals surface area contributed by atoms with Crippen LogP contribution in [0.3, 0.4) is 0 Å². The minimum Gasteiger partial charge on any atom is -0.507 e. The summed E-state index contributed by atoms with van der Waals surface area (Å²) in [6, 6.07) is 3.30. The van der Waals surface area contributed by atoms with Crippen molar-refractivity contribution in [1.29, 1.82) is 0 Å². The van der Waals surface area contributed by atoms with Gasteiger partial charge in [-0.2, -0.15) is 0 Å². The minimum atomic E-state index is -0.560. The average molecular weight is 283 g/mol.